The number of hydrogen-bond acceptors (Lipinski definition) is 10. The first kappa shape index (κ1) is 28.6. The third-order valence-electron chi connectivity index (χ3n) is 4.70. The average Bonchev–Trinajstić information content (AvgIpc) is 2.71. The number of nitrogens with zero attached hydrogens (tertiary/aromatic N) is 1. The van der Waals surface area contributed by atoms with E-state index in [9.17, 15) is 28.8 Å². The van der Waals surface area contributed by atoms with E-state index in [2.05, 4.69) is 10.3 Å². The number of esters is 3. The molecule has 1 amide bonds. The zero-order valence-electron chi connectivity index (χ0n) is 18.8. The first-order chi connectivity index (χ1) is 16.1. The van der Waals surface area contributed by atoms with Gasteiger partial charge in [-0.15, -0.1) is 0 Å². The molecule has 1 fully saturated rings. The molecule has 0 aliphatic carbocycles. The Bertz CT molecular complexity index is 1110. The van der Waals surface area contributed by atoms with Crippen LogP contribution in [0.15, 0.2) is 15.8 Å². The summed E-state index contributed by atoms with van der Waals surface area (Å²) in [7, 11) is 0. The fourth-order valence-corrected chi connectivity index (χ4v) is 3.48. The van der Waals surface area contributed by atoms with E-state index in [0.717, 1.165) is 31.5 Å². The van der Waals surface area contributed by atoms with Crippen molar-refractivity contribution in [3.8, 4) is 0 Å². The maximum absolute atomic E-state index is 12.6. The zero-order valence-corrected chi connectivity index (χ0v) is 21.1. The molecule has 2 rings (SSSR count). The number of alkyl halides is 3. The second kappa shape index (κ2) is 11.4. The van der Waals surface area contributed by atoms with Crippen LogP contribution in [0.3, 0.4) is 0 Å². The lowest BCUT2D eigenvalue weighted by Crippen LogP contribution is -2.66. The molecule has 1 saturated heterocycles. The monoisotopic (exact) mass is 557 g/mol. The van der Waals surface area contributed by atoms with Gasteiger partial charge in [0.15, 0.2) is 18.4 Å². The van der Waals surface area contributed by atoms with Crippen molar-refractivity contribution >= 4 is 58.6 Å². The smallest absolute Gasteiger partial charge is 0.330 e. The Morgan fingerprint density at radius 3 is 2.14 bits per heavy atom. The van der Waals surface area contributed by atoms with Crippen molar-refractivity contribution in [3.05, 3.63) is 32.6 Å². The molecule has 1 aliphatic rings. The van der Waals surface area contributed by atoms with E-state index < -0.39 is 76.0 Å². The number of nitrogens with one attached hydrogen (secondary N) is 2. The highest BCUT2D eigenvalue weighted by atomic mass is 35.6. The molecular weight excluding hydrogens is 537 g/mol. The SMILES string of the molecule is CC(=O)OC[C@@H]1O[C@@H](n2cc(C)c(=O)[nH]c2=O)[C@H](NC(=O)C(Cl)(Cl)Cl)[C@H](OC(C)=O)[C@@H]1OC(C)=O. The molecule has 2 heterocycles. The van der Waals surface area contributed by atoms with Crippen LogP contribution in [0.5, 0.6) is 0 Å². The van der Waals surface area contributed by atoms with Crippen LogP contribution in [0.4, 0.5) is 0 Å². The van der Waals surface area contributed by atoms with Crippen molar-refractivity contribution in [2.24, 2.45) is 0 Å². The molecule has 194 valence electrons. The second-order valence-electron chi connectivity index (χ2n) is 7.49. The maximum atomic E-state index is 12.6. The maximum Gasteiger partial charge on any atom is 0.330 e. The summed E-state index contributed by atoms with van der Waals surface area (Å²) >= 11 is 17.0. The number of halogens is 3. The Morgan fingerprint density at radius 1 is 1.06 bits per heavy atom. The lowest BCUT2D eigenvalue weighted by atomic mass is 9.94. The summed E-state index contributed by atoms with van der Waals surface area (Å²) in [4.78, 5) is 74.3. The van der Waals surface area contributed by atoms with Crippen LogP contribution in [0.2, 0.25) is 0 Å². The highest BCUT2D eigenvalue weighted by Gasteiger charge is 2.53. The number of aryl methyl sites for hydroxylation is 1. The van der Waals surface area contributed by atoms with Gasteiger partial charge in [0.2, 0.25) is 0 Å². The van der Waals surface area contributed by atoms with Crippen molar-refractivity contribution in [1.82, 2.24) is 14.9 Å². The molecule has 16 heteroatoms. The van der Waals surface area contributed by atoms with Crippen molar-refractivity contribution in [3.63, 3.8) is 0 Å². The van der Waals surface area contributed by atoms with Crippen LogP contribution in [0, 0.1) is 6.92 Å². The van der Waals surface area contributed by atoms with Gasteiger partial charge in [0, 0.05) is 32.5 Å². The number of aromatic amines is 1. The summed E-state index contributed by atoms with van der Waals surface area (Å²) < 4.78 is 19.9. The highest BCUT2D eigenvalue weighted by Crippen LogP contribution is 2.34. The summed E-state index contributed by atoms with van der Waals surface area (Å²) in [6.45, 7) is 4.12. The van der Waals surface area contributed by atoms with Gasteiger partial charge in [-0.05, 0) is 6.92 Å². The third kappa shape index (κ3) is 7.43. The van der Waals surface area contributed by atoms with Crippen LogP contribution in [0.25, 0.3) is 0 Å². The summed E-state index contributed by atoms with van der Waals surface area (Å²) in [5.41, 5.74) is -1.56. The zero-order chi connectivity index (χ0) is 26.7. The van der Waals surface area contributed by atoms with Gasteiger partial charge >= 0.3 is 23.6 Å². The number of carbonyl (C=O) groups is 4. The Morgan fingerprint density at radius 2 is 1.63 bits per heavy atom. The summed E-state index contributed by atoms with van der Waals surface area (Å²) in [5.74, 6) is -3.59. The standard InChI is InChI=1S/C19H22Cl3N3O10/c1-7-5-25(18(31)24-15(7)29)16-12(23-17(30)19(20,21)22)14(34-10(4)28)13(33-9(3)27)11(35-16)6-32-8(2)26/h5,11-14,16H,6H2,1-4H3,(H,23,30)(H,24,29,31)/t11-,12+,13+,14-,16+/m0/s1. The largest absolute Gasteiger partial charge is 0.463 e. The van der Waals surface area contributed by atoms with Gasteiger partial charge in [0.25, 0.3) is 15.3 Å². The van der Waals surface area contributed by atoms with E-state index in [4.69, 9.17) is 53.8 Å². The summed E-state index contributed by atoms with van der Waals surface area (Å²) in [6, 6.07) is -1.50. The Kier molecular flexibility index (Phi) is 9.34. The van der Waals surface area contributed by atoms with Crippen molar-refractivity contribution in [2.75, 3.05) is 6.61 Å². The molecule has 1 aliphatic heterocycles. The van der Waals surface area contributed by atoms with Crippen LogP contribution in [-0.2, 0) is 38.1 Å². The number of hydrogen-bond donors (Lipinski definition) is 2. The van der Waals surface area contributed by atoms with Crippen molar-refractivity contribution in [2.45, 2.75) is 62.1 Å². The van der Waals surface area contributed by atoms with Gasteiger partial charge in [-0.1, -0.05) is 34.8 Å². The molecule has 0 radical (unpaired) electrons. The lowest BCUT2D eigenvalue weighted by Gasteiger charge is -2.45. The van der Waals surface area contributed by atoms with E-state index >= 15 is 0 Å². The summed E-state index contributed by atoms with van der Waals surface area (Å²) in [6.07, 6.45) is -4.65. The van der Waals surface area contributed by atoms with Crippen molar-refractivity contribution < 1.29 is 38.1 Å². The van der Waals surface area contributed by atoms with E-state index in [1.807, 2.05) is 0 Å². The first-order valence-corrected chi connectivity index (χ1v) is 11.1. The Labute approximate surface area is 212 Å². The lowest BCUT2D eigenvalue weighted by molar-refractivity contribution is -0.238. The number of ether oxygens (including phenoxy) is 4. The van der Waals surface area contributed by atoms with Gasteiger partial charge in [-0.25, -0.2) is 4.79 Å². The predicted molar refractivity (Wildman–Crippen MR) is 120 cm³/mol. The quantitative estimate of drug-likeness (QED) is 0.275. The Hall–Kier alpha value is -2.61. The van der Waals surface area contributed by atoms with Gasteiger partial charge in [-0.3, -0.25) is 33.5 Å². The molecule has 35 heavy (non-hydrogen) atoms. The van der Waals surface area contributed by atoms with Gasteiger partial charge in [-0.2, -0.15) is 0 Å². The van der Waals surface area contributed by atoms with Crippen LogP contribution in [-0.4, -0.2) is 68.1 Å². The second-order valence-corrected chi connectivity index (χ2v) is 9.77. The van der Waals surface area contributed by atoms with Crippen LogP contribution >= 0.6 is 34.8 Å². The third-order valence-corrected chi connectivity index (χ3v) is 5.21. The highest BCUT2D eigenvalue weighted by molar-refractivity contribution is 6.76. The number of aromatic nitrogens is 2. The number of amides is 1. The van der Waals surface area contributed by atoms with Crippen LogP contribution in [0.1, 0.15) is 32.6 Å². The molecule has 2 N–H and O–H groups in total. The minimum absolute atomic E-state index is 0.0855. The minimum atomic E-state index is -2.48. The van der Waals surface area contributed by atoms with Gasteiger partial charge in [0.05, 0.1) is 0 Å². The molecule has 0 bridgehead atoms. The molecule has 0 aromatic carbocycles. The number of rotatable bonds is 6. The van der Waals surface area contributed by atoms with E-state index in [1.165, 1.54) is 6.92 Å². The normalized spacial score (nSPS) is 24.3. The van der Waals surface area contributed by atoms with E-state index in [0.29, 0.717) is 0 Å². The predicted octanol–water partition coefficient (Wildman–Crippen LogP) is 0.0239. The van der Waals surface area contributed by atoms with Crippen molar-refractivity contribution in [1.29, 1.82) is 0 Å². The fraction of sp³-hybridized carbons (Fsp3) is 0.579. The fourth-order valence-electron chi connectivity index (χ4n) is 3.32. The van der Waals surface area contributed by atoms with E-state index in [-0.39, 0.29) is 5.56 Å². The minimum Gasteiger partial charge on any atom is -0.463 e. The molecule has 0 spiro atoms. The molecule has 1 aromatic rings. The van der Waals surface area contributed by atoms with E-state index in [1.54, 1.807) is 0 Å². The summed E-state index contributed by atoms with van der Waals surface area (Å²) in [5, 5.41) is 2.33. The van der Waals surface area contributed by atoms with Gasteiger partial charge < -0.3 is 24.3 Å². The molecule has 5 atom stereocenters. The molecule has 0 saturated carbocycles. The topological polar surface area (TPSA) is 172 Å². The number of carbonyl (C=O) groups excluding carboxylic acids is 4. The molecule has 13 nitrogen and oxygen atoms in total. The Balaban J connectivity index is 2.71. The number of H-pyrrole nitrogens is 1. The molecular formula is C19H22Cl3N3O10. The average molecular weight is 559 g/mol. The van der Waals surface area contributed by atoms with Crippen LogP contribution < -0.4 is 16.6 Å². The first-order valence-electron chi connectivity index (χ1n) is 9.94. The molecule has 1 aromatic heterocycles. The van der Waals surface area contributed by atoms with Gasteiger partial charge in [0.1, 0.15) is 18.8 Å². The molecule has 0 unspecified atom stereocenters.